The maximum absolute atomic E-state index is 12.5. The molecule has 0 atom stereocenters. The van der Waals surface area contributed by atoms with Gasteiger partial charge in [0.05, 0.1) is 11.1 Å². The highest BCUT2D eigenvalue weighted by Crippen LogP contribution is 2.33. The number of anilines is 1. The van der Waals surface area contributed by atoms with Crippen molar-refractivity contribution in [2.75, 3.05) is 5.32 Å². The molecule has 6 nitrogen and oxygen atoms in total. The van der Waals surface area contributed by atoms with Crippen LogP contribution in [0.4, 0.5) is 5.13 Å². The third-order valence-corrected chi connectivity index (χ3v) is 7.23. The van der Waals surface area contributed by atoms with Crippen LogP contribution in [0.1, 0.15) is 18.7 Å². The van der Waals surface area contributed by atoms with E-state index in [1.807, 2.05) is 36.4 Å². The summed E-state index contributed by atoms with van der Waals surface area (Å²) in [6.07, 6.45) is 2.41. The van der Waals surface area contributed by atoms with Crippen molar-refractivity contribution in [2.24, 2.45) is 0 Å². The van der Waals surface area contributed by atoms with Crippen LogP contribution in [-0.4, -0.2) is 26.2 Å². The van der Waals surface area contributed by atoms with E-state index in [2.05, 4.69) is 25.5 Å². The predicted molar refractivity (Wildman–Crippen MR) is 112 cm³/mol. The average molecular weight is 414 g/mol. The third kappa shape index (κ3) is 3.76. The number of nitrogens with one attached hydrogen (secondary N) is 2. The van der Waals surface area contributed by atoms with E-state index in [1.165, 1.54) is 24.6 Å². The molecule has 1 aromatic carbocycles. The van der Waals surface area contributed by atoms with Crippen LogP contribution in [0.5, 0.6) is 0 Å². The number of nitrogens with zero attached hydrogens (tertiary/aromatic N) is 3. The van der Waals surface area contributed by atoms with Crippen LogP contribution in [0.15, 0.2) is 45.5 Å². The van der Waals surface area contributed by atoms with Gasteiger partial charge in [-0.25, -0.2) is 4.98 Å². The van der Waals surface area contributed by atoms with Gasteiger partial charge in [-0.3, -0.25) is 4.79 Å². The fourth-order valence-electron chi connectivity index (χ4n) is 2.65. The second-order valence-electron chi connectivity index (χ2n) is 6.29. The summed E-state index contributed by atoms with van der Waals surface area (Å²) < 4.78 is 0.872. The van der Waals surface area contributed by atoms with Crippen LogP contribution in [0.25, 0.3) is 20.7 Å². The van der Waals surface area contributed by atoms with E-state index in [0.717, 1.165) is 24.7 Å². The first kappa shape index (κ1) is 16.9. The standard InChI is InChI=1S/C18H15N5OS3/c24-15-12-8-13(10-4-2-1-3-5-10)26-16(12)21-14(20-15)9-25-18-23-22-17(27-18)19-11-6-7-11/h1-5,8,11H,6-7,9H2,(H,19,22)(H,20,21,24). The molecule has 2 N–H and O–H groups in total. The Hall–Kier alpha value is -2.23. The van der Waals surface area contributed by atoms with Gasteiger partial charge in [-0.1, -0.05) is 53.4 Å². The Balaban J connectivity index is 1.35. The minimum absolute atomic E-state index is 0.0950. The summed E-state index contributed by atoms with van der Waals surface area (Å²) in [6.45, 7) is 0. The number of aromatic nitrogens is 4. The minimum atomic E-state index is -0.0950. The second-order valence-corrected chi connectivity index (χ2v) is 9.52. The molecule has 1 fully saturated rings. The Morgan fingerprint density at radius 2 is 2.04 bits per heavy atom. The molecular formula is C18H15N5OS3. The maximum Gasteiger partial charge on any atom is 0.259 e. The molecule has 4 aromatic rings. The van der Waals surface area contributed by atoms with Gasteiger partial charge in [0, 0.05) is 10.9 Å². The highest BCUT2D eigenvalue weighted by atomic mass is 32.2. The van der Waals surface area contributed by atoms with Gasteiger partial charge in [-0.2, -0.15) is 0 Å². The van der Waals surface area contributed by atoms with Crippen molar-refractivity contribution >= 4 is 49.8 Å². The number of hydrogen-bond donors (Lipinski definition) is 2. The molecule has 5 rings (SSSR count). The molecule has 3 aromatic heterocycles. The Labute approximate surface area is 167 Å². The molecule has 0 unspecified atom stereocenters. The lowest BCUT2D eigenvalue weighted by Gasteiger charge is -1.98. The first-order chi connectivity index (χ1) is 13.2. The van der Waals surface area contributed by atoms with Gasteiger partial charge in [0.1, 0.15) is 10.7 Å². The molecule has 0 bridgehead atoms. The summed E-state index contributed by atoms with van der Waals surface area (Å²) in [4.78, 5) is 21.8. The van der Waals surface area contributed by atoms with Gasteiger partial charge in [-0.15, -0.1) is 21.5 Å². The molecule has 27 heavy (non-hydrogen) atoms. The second kappa shape index (κ2) is 7.06. The zero-order valence-electron chi connectivity index (χ0n) is 14.1. The van der Waals surface area contributed by atoms with E-state index < -0.39 is 0 Å². The Morgan fingerprint density at radius 1 is 1.19 bits per heavy atom. The normalized spacial score (nSPS) is 13.9. The summed E-state index contributed by atoms with van der Waals surface area (Å²) in [7, 11) is 0. The maximum atomic E-state index is 12.5. The number of fused-ring (bicyclic) bond motifs is 1. The molecule has 1 saturated carbocycles. The molecule has 0 amide bonds. The highest BCUT2D eigenvalue weighted by molar-refractivity contribution is 8.00. The summed E-state index contributed by atoms with van der Waals surface area (Å²) in [5, 5.41) is 13.2. The van der Waals surface area contributed by atoms with Gasteiger partial charge >= 0.3 is 0 Å². The van der Waals surface area contributed by atoms with E-state index >= 15 is 0 Å². The van der Waals surface area contributed by atoms with Crippen LogP contribution in [0, 0.1) is 0 Å². The molecule has 3 heterocycles. The van der Waals surface area contributed by atoms with E-state index in [-0.39, 0.29) is 5.56 Å². The Kier molecular flexibility index (Phi) is 4.42. The molecule has 0 spiro atoms. The minimum Gasteiger partial charge on any atom is -0.357 e. The zero-order valence-corrected chi connectivity index (χ0v) is 16.6. The topological polar surface area (TPSA) is 83.6 Å². The third-order valence-electron chi connectivity index (χ3n) is 4.15. The number of aromatic amines is 1. The molecule has 1 aliphatic carbocycles. The Morgan fingerprint density at radius 3 is 2.85 bits per heavy atom. The Bertz CT molecular complexity index is 1150. The van der Waals surface area contributed by atoms with Gasteiger partial charge in [0.15, 0.2) is 4.34 Å². The van der Waals surface area contributed by atoms with Crippen molar-refractivity contribution < 1.29 is 0 Å². The first-order valence-electron chi connectivity index (χ1n) is 8.55. The predicted octanol–water partition coefficient (Wildman–Crippen LogP) is 4.37. The molecule has 1 aliphatic rings. The summed E-state index contributed by atoms with van der Waals surface area (Å²) in [5.74, 6) is 1.22. The van der Waals surface area contributed by atoms with Crippen molar-refractivity contribution in [1.29, 1.82) is 0 Å². The highest BCUT2D eigenvalue weighted by Gasteiger charge is 2.22. The number of rotatable bonds is 6. The van der Waals surface area contributed by atoms with Crippen molar-refractivity contribution in [3.05, 3.63) is 52.6 Å². The van der Waals surface area contributed by atoms with Crippen LogP contribution in [0.2, 0.25) is 0 Å². The van der Waals surface area contributed by atoms with Crippen LogP contribution in [-0.2, 0) is 5.75 Å². The van der Waals surface area contributed by atoms with Gasteiger partial charge < -0.3 is 10.3 Å². The lowest BCUT2D eigenvalue weighted by atomic mass is 10.2. The molecule has 9 heteroatoms. The zero-order chi connectivity index (χ0) is 18.2. The molecule has 0 aliphatic heterocycles. The molecular weight excluding hydrogens is 398 g/mol. The molecule has 136 valence electrons. The lowest BCUT2D eigenvalue weighted by Crippen LogP contribution is -2.09. The van der Waals surface area contributed by atoms with Crippen molar-refractivity contribution in [2.45, 2.75) is 29.0 Å². The fraction of sp³-hybridized carbons (Fsp3) is 0.222. The van der Waals surface area contributed by atoms with E-state index in [1.54, 1.807) is 22.7 Å². The van der Waals surface area contributed by atoms with Crippen LogP contribution < -0.4 is 10.9 Å². The summed E-state index contributed by atoms with van der Waals surface area (Å²) in [5.41, 5.74) is 1.00. The average Bonchev–Trinajstić information content (AvgIpc) is 3.20. The number of H-pyrrole nitrogens is 1. The van der Waals surface area contributed by atoms with Gasteiger partial charge in [0.25, 0.3) is 5.56 Å². The summed E-state index contributed by atoms with van der Waals surface area (Å²) in [6, 6.07) is 12.5. The quantitative estimate of drug-likeness (QED) is 0.457. The van der Waals surface area contributed by atoms with Crippen molar-refractivity contribution in [3.8, 4) is 10.4 Å². The van der Waals surface area contributed by atoms with E-state index in [4.69, 9.17) is 0 Å². The van der Waals surface area contributed by atoms with Crippen LogP contribution in [0.3, 0.4) is 0 Å². The first-order valence-corrected chi connectivity index (χ1v) is 11.2. The van der Waals surface area contributed by atoms with Gasteiger partial charge in [-0.05, 0) is 24.5 Å². The number of thiophene rings is 1. The number of benzene rings is 1. The van der Waals surface area contributed by atoms with Crippen LogP contribution >= 0.6 is 34.4 Å². The monoisotopic (exact) mass is 413 g/mol. The SMILES string of the molecule is O=c1[nH]c(CSc2nnc(NC3CC3)s2)nc2sc(-c3ccccc3)cc12. The van der Waals surface area contributed by atoms with Gasteiger partial charge in [0.2, 0.25) is 5.13 Å². The van der Waals surface area contributed by atoms with E-state index in [9.17, 15) is 4.79 Å². The summed E-state index contributed by atoms with van der Waals surface area (Å²) >= 11 is 4.62. The molecule has 0 saturated heterocycles. The smallest absolute Gasteiger partial charge is 0.259 e. The van der Waals surface area contributed by atoms with Crippen molar-refractivity contribution in [1.82, 2.24) is 20.2 Å². The largest absolute Gasteiger partial charge is 0.357 e. The number of hydrogen-bond acceptors (Lipinski definition) is 8. The number of thioether (sulfide) groups is 1. The fourth-order valence-corrected chi connectivity index (χ4v) is 5.40. The van der Waals surface area contributed by atoms with Crippen molar-refractivity contribution in [3.63, 3.8) is 0 Å². The van der Waals surface area contributed by atoms with E-state index in [0.29, 0.717) is 23.0 Å². The lowest BCUT2D eigenvalue weighted by molar-refractivity contribution is 0.989. The molecule has 0 radical (unpaired) electrons.